The molecule has 0 bridgehead atoms. The zero-order chi connectivity index (χ0) is 24.2. The zero-order valence-corrected chi connectivity index (χ0v) is 20.8. The normalized spacial score (nSPS) is 18.5. The SMILES string of the molecule is CC(C)(C)CC1CC(c2onc(CCC(=O)OC(C)(C)C)c2C(=O)OCc2ccccc2)C1. The van der Waals surface area contributed by atoms with Crippen LogP contribution in [0.1, 0.15) is 101 Å². The molecule has 0 aliphatic heterocycles. The van der Waals surface area contributed by atoms with Crippen molar-refractivity contribution in [1.82, 2.24) is 5.16 Å². The summed E-state index contributed by atoms with van der Waals surface area (Å²) in [5.41, 5.74) is 1.47. The smallest absolute Gasteiger partial charge is 0.344 e. The molecule has 1 aliphatic rings. The minimum absolute atomic E-state index is 0.125. The molecular formula is C27H37NO5. The summed E-state index contributed by atoms with van der Waals surface area (Å²) in [5.74, 6) is 0.577. The predicted molar refractivity (Wildman–Crippen MR) is 126 cm³/mol. The second kappa shape index (κ2) is 10.1. The van der Waals surface area contributed by atoms with Crippen LogP contribution >= 0.6 is 0 Å². The molecule has 1 heterocycles. The Labute approximate surface area is 197 Å². The van der Waals surface area contributed by atoms with Crippen LogP contribution in [0, 0.1) is 11.3 Å². The summed E-state index contributed by atoms with van der Waals surface area (Å²) in [4.78, 5) is 25.3. The quantitative estimate of drug-likeness (QED) is 0.439. The summed E-state index contributed by atoms with van der Waals surface area (Å²) in [6.45, 7) is 12.4. The van der Waals surface area contributed by atoms with Gasteiger partial charge in [-0.05, 0) is 56.9 Å². The molecule has 6 heteroatoms. The van der Waals surface area contributed by atoms with Crippen LogP contribution in [-0.4, -0.2) is 22.7 Å². The van der Waals surface area contributed by atoms with Crippen molar-refractivity contribution in [2.75, 3.05) is 0 Å². The minimum Gasteiger partial charge on any atom is -0.460 e. The van der Waals surface area contributed by atoms with Gasteiger partial charge < -0.3 is 14.0 Å². The Morgan fingerprint density at radius 2 is 1.73 bits per heavy atom. The predicted octanol–water partition coefficient (Wildman–Crippen LogP) is 6.24. The van der Waals surface area contributed by atoms with E-state index in [4.69, 9.17) is 14.0 Å². The average Bonchev–Trinajstić information content (AvgIpc) is 3.09. The van der Waals surface area contributed by atoms with Gasteiger partial charge in [0.2, 0.25) is 0 Å². The summed E-state index contributed by atoms with van der Waals surface area (Å²) in [6, 6.07) is 9.55. The second-order valence-electron chi connectivity index (χ2n) is 11.3. The maximum absolute atomic E-state index is 13.1. The van der Waals surface area contributed by atoms with Crippen LogP contribution < -0.4 is 0 Å². The van der Waals surface area contributed by atoms with Gasteiger partial charge in [-0.15, -0.1) is 0 Å². The number of hydrogen-bond donors (Lipinski definition) is 0. The number of hydrogen-bond acceptors (Lipinski definition) is 6. The van der Waals surface area contributed by atoms with Gasteiger partial charge in [0.1, 0.15) is 17.8 Å². The van der Waals surface area contributed by atoms with Gasteiger partial charge in [-0.1, -0.05) is 56.3 Å². The van der Waals surface area contributed by atoms with Crippen LogP contribution in [0.4, 0.5) is 0 Å². The first-order chi connectivity index (χ1) is 15.4. The first-order valence-corrected chi connectivity index (χ1v) is 11.8. The molecule has 0 atom stereocenters. The van der Waals surface area contributed by atoms with Crippen molar-refractivity contribution in [2.45, 2.75) is 91.8 Å². The van der Waals surface area contributed by atoms with Gasteiger partial charge in [0.05, 0.1) is 12.1 Å². The van der Waals surface area contributed by atoms with E-state index in [1.54, 1.807) is 0 Å². The third-order valence-corrected chi connectivity index (χ3v) is 5.70. The van der Waals surface area contributed by atoms with E-state index in [1.807, 2.05) is 51.1 Å². The molecule has 0 radical (unpaired) electrons. The number of aromatic nitrogens is 1. The molecule has 180 valence electrons. The molecule has 1 fully saturated rings. The number of esters is 2. The van der Waals surface area contributed by atoms with Crippen molar-refractivity contribution < 1.29 is 23.6 Å². The van der Waals surface area contributed by atoms with Crippen LogP contribution in [0.15, 0.2) is 34.9 Å². The van der Waals surface area contributed by atoms with Crippen molar-refractivity contribution in [3.8, 4) is 0 Å². The highest BCUT2D eigenvalue weighted by atomic mass is 16.6. The molecule has 0 spiro atoms. The number of carbonyl (C=O) groups excluding carboxylic acids is 2. The summed E-state index contributed by atoms with van der Waals surface area (Å²) >= 11 is 0. The van der Waals surface area contributed by atoms with E-state index in [1.165, 1.54) is 0 Å². The lowest BCUT2D eigenvalue weighted by Gasteiger charge is -2.37. The number of nitrogens with zero attached hydrogens (tertiary/aromatic N) is 1. The zero-order valence-electron chi connectivity index (χ0n) is 20.8. The Morgan fingerprint density at radius 3 is 2.33 bits per heavy atom. The summed E-state index contributed by atoms with van der Waals surface area (Å²) < 4.78 is 16.7. The molecule has 1 aliphatic carbocycles. The summed E-state index contributed by atoms with van der Waals surface area (Å²) in [5, 5.41) is 4.18. The van der Waals surface area contributed by atoms with E-state index in [0.29, 0.717) is 22.9 Å². The lowest BCUT2D eigenvalue weighted by atomic mass is 9.67. The number of benzene rings is 1. The standard InChI is InChI=1S/C27H37NO5/c1-26(2,3)16-19-14-20(15-19)24-23(25(30)31-17-18-10-8-7-9-11-18)21(28-33-24)12-13-22(29)32-27(4,5)6/h7-11,19-20H,12-17H2,1-6H3. The van der Waals surface area contributed by atoms with Gasteiger partial charge in [0, 0.05) is 12.3 Å². The van der Waals surface area contributed by atoms with Gasteiger partial charge in [0.25, 0.3) is 0 Å². The van der Waals surface area contributed by atoms with Crippen molar-refractivity contribution in [2.24, 2.45) is 11.3 Å². The fourth-order valence-electron chi connectivity index (χ4n) is 4.40. The molecule has 3 rings (SSSR count). The molecular weight excluding hydrogens is 418 g/mol. The Bertz CT molecular complexity index is 943. The molecule has 6 nitrogen and oxygen atoms in total. The van der Waals surface area contributed by atoms with E-state index in [-0.39, 0.29) is 36.8 Å². The molecule has 1 saturated carbocycles. The lowest BCUT2D eigenvalue weighted by Crippen LogP contribution is -2.27. The fraction of sp³-hybridized carbons (Fsp3) is 0.593. The van der Waals surface area contributed by atoms with Gasteiger partial charge in [-0.2, -0.15) is 0 Å². The molecule has 0 N–H and O–H groups in total. The maximum Gasteiger partial charge on any atom is 0.344 e. The van der Waals surface area contributed by atoms with E-state index in [0.717, 1.165) is 24.8 Å². The molecule has 0 saturated heterocycles. The highest BCUT2D eigenvalue weighted by Crippen LogP contribution is 2.48. The number of carbonyl (C=O) groups is 2. The van der Waals surface area contributed by atoms with Gasteiger partial charge in [0.15, 0.2) is 5.76 Å². The van der Waals surface area contributed by atoms with Gasteiger partial charge >= 0.3 is 11.9 Å². The number of rotatable bonds is 8. The first-order valence-electron chi connectivity index (χ1n) is 11.8. The maximum atomic E-state index is 13.1. The van der Waals surface area contributed by atoms with Crippen LogP contribution in [0.2, 0.25) is 0 Å². The Balaban J connectivity index is 1.72. The molecule has 33 heavy (non-hydrogen) atoms. The van der Waals surface area contributed by atoms with Crippen molar-refractivity contribution in [3.05, 3.63) is 52.9 Å². The highest BCUT2D eigenvalue weighted by molar-refractivity contribution is 5.92. The van der Waals surface area contributed by atoms with Crippen molar-refractivity contribution in [1.29, 1.82) is 0 Å². The van der Waals surface area contributed by atoms with E-state index < -0.39 is 11.6 Å². The average molecular weight is 456 g/mol. The monoisotopic (exact) mass is 455 g/mol. The number of ether oxygens (including phenoxy) is 2. The van der Waals surface area contributed by atoms with Gasteiger partial charge in [-0.3, -0.25) is 4.79 Å². The molecule has 0 amide bonds. The Hall–Kier alpha value is -2.63. The highest BCUT2D eigenvalue weighted by Gasteiger charge is 2.39. The van der Waals surface area contributed by atoms with Crippen LogP contribution in [0.25, 0.3) is 0 Å². The third-order valence-electron chi connectivity index (χ3n) is 5.70. The Kier molecular flexibility index (Phi) is 7.65. The molecule has 0 unspecified atom stereocenters. The van der Waals surface area contributed by atoms with Crippen LogP contribution in [0.3, 0.4) is 0 Å². The van der Waals surface area contributed by atoms with Gasteiger partial charge in [-0.25, -0.2) is 4.79 Å². The largest absolute Gasteiger partial charge is 0.460 e. The molecule has 1 aromatic carbocycles. The number of aryl methyl sites for hydroxylation is 1. The lowest BCUT2D eigenvalue weighted by molar-refractivity contribution is -0.154. The Morgan fingerprint density at radius 1 is 1.06 bits per heavy atom. The summed E-state index contributed by atoms with van der Waals surface area (Å²) in [6.07, 6.45) is 3.47. The minimum atomic E-state index is -0.558. The fourth-order valence-corrected chi connectivity index (χ4v) is 4.40. The second-order valence-corrected chi connectivity index (χ2v) is 11.3. The molecule has 2 aromatic rings. The summed E-state index contributed by atoms with van der Waals surface area (Å²) in [7, 11) is 0. The first kappa shape index (κ1) is 25.0. The van der Waals surface area contributed by atoms with Crippen molar-refractivity contribution in [3.63, 3.8) is 0 Å². The van der Waals surface area contributed by atoms with E-state index in [9.17, 15) is 9.59 Å². The topological polar surface area (TPSA) is 78.6 Å². The van der Waals surface area contributed by atoms with E-state index in [2.05, 4.69) is 25.9 Å². The molecule has 1 aromatic heterocycles. The van der Waals surface area contributed by atoms with Crippen LogP contribution in [0.5, 0.6) is 0 Å². The van der Waals surface area contributed by atoms with Crippen LogP contribution in [-0.2, 0) is 27.3 Å². The van der Waals surface area contributed by atoms with E-state index >= 15 is 0 Å². The third kappa shape index (κ3) is 7.44. The van der Waals surface area contributed by atoms with Crippen molar-refractivity contribution >= 4 is 11.9 Å².